The van der Waals surface area contributed by atoms with Gasteiger partial charge in [0.25, 0.3) is 0 Å². The Hall–Kier alpha value is -1.08. The van der Waals surface area contributed by atoms with Crippen molar-refractivity contribution in [3.8, 4) is 0 Å². The second-order valence-corrected chi connectivity index (χ2v) is 11.0. The highest BCUT2D eigenvalue weighted by Crippen LogP contribution is 2.66. The van der Waals surface area contributed by atoms with Crippen LogP contribution >= 0.6 is 11.6 Å². The lowest BCUT2D eigenvalue weighted by Gasteiger charge is -2.59. The third-order valence-electron chi connectivity index (χ3n) is 9.46. The summed E-state index contributed by atoms with van der Waals surface area (Å²) >= 11 is 6.39. The minimum atomic E-state index is -0.147. The molecular weight excluding hydrogens is 364 g/mol. The van der Waals surface area contributed by atoms with Crippen molar-refractivity contribution in [2.45, 2.75) is 71.6 Å². The van der Waals surface area contributed by atoms with Crippen molar-refractivity contribution in [3.05, 3.63) is 40.4 Å². The molecule has 0 spiro atoms. The first kappa shape index (κ1) is 18.9. The summed E-state index contributed by atoms with van der Waals surface area (Å²) in [5.74, 6) is 3.44. The molecule has 0 heterocycles. The van der Waals surface area contributed by atoms with Gasteiger partial charge in [0.2, 0.25) is 0 Å². The van der Waals surface area contributed by atoms with E-state index in [0.717, 1.165) is 46.8 Å². The smallest absolute Gasteiger partial charge is 0.165 e. The van der Waals surface area contributed by atoms with Crippen molar-refractivity contribution in [2.75, 3.05) is 0 Å². The number of ketones is 1. The molecule has 0 amide bonds. The standard InChI is InChI=1S/C26H33ClO/c1-25-13-6-5-8-19(25)10-11-20-21(25)12-14-26(2)22(20)16-18(24(26)28)15-17-7-3-4-9-23(17)27/h3-4,7,9,15,19-22H,5-6,8,10-14,16H2,1-2H3/b18-15+/t19-,20-,21-,22+,25+,26+/m1/s1. The van der Waals surface area contributed by atoms with Gasteiger partial charge in [0.1, 0.15) is 0 Å². The van der Waals surface area contributed by atoms with Gasteiger partial charge in [0.15, 0.2) is 5.78 Å². The van der Waals surface area contributed by atoms with Gasteiger partial charge in [0.05, 0.1) is 0 Å². The Bertz CT molecular complexity index is 825. The van der Waals surface area contributed by atoms with E-state index in [0.29, 0.717) is 17.1 Å². The zero-order chi connectivity index (χ0) is 19.5. The molecule has 5 rings (SSSR count). The molecule has 1 aromatic carbocycles. The number of allylic oxidation sites excluding steroid dienone is 1. The molecule has 4 aliphatic carbocycles. The van der Waals surface area contributed by atoms with Crippen LogP contribution in [0.4, 0.5) is 0 Å². The number of rotatable bonds is 1. The molecule has 0 aliphatic heterocycles. The van der Waals surface area contributed by atoms with E-state index >= 15 is 0 Å². The molecule has 0 aromatic heterocycles. The SMILES string of the molecule is C[C@]12CCCC[C@@H]1CC[C@@H]1[C@H]2CC[C@]2(C)C(=O)/C(=C/c3ccccc3Cl)C[C@@H]12. The summed E-state index contributed by atoms with van der Waals surface area (Å²) < 4.78 is 0. The number of halogens is 1. The minimum absolute atomic E-state index is 0.147. The molecule has 4 saturated carbocycles. The van der Waals surface area contributed by atoms with Crippen LogP contribution in [0, 0.1) is 34.5 Å². The van der Waals surface area contributed by atoms with Gasteiger partial charge in [-0.1, -0.05) is 56.5 Å². The summed E-state index contributed by atoms with van der Waals surface area (Å²) in [5, 5.41) is 0.746. The molecule has 0 radical (unpaired) electrons. The summed E-state index contributed by atoms with van der Waals surface area (Å²) in [4.78, 5) is 13.5. The minimum Gasteiger partial charge on any atom is -0.294 e. The first-order valence-electron chi connectivity index (χ1n) is 11.4. The highest BCUT2D eigenvalue weighted by atomic mass is 35.5. The van der Waals surface area contributed by atoms with Crippen molar-refractivity contribution < 1.29 is 4.79 Å². The first-order valence-corrected chi connectivity index (χ1v) is 11.8. The molecule has 1 aromatic rings. The molecule has 0 N–H and O–H groups in total. The van der Waals surface area contributed by atoms with E-state index < -0.39 is 0 Å². The van der Waals surface area contributed by atoms with Crippen LogP contribution < -0.4 is 0 Å². The molecule has 0 unspecified atom stereocenters. The Morgan fingerprint density at radius 2 is 1.82 bits per heavy atom. The molecular formula is C26H33ClO. The predicted molar refractivity (Wildman–Crippen MR) is 116 cm³/mol. The number of fused-ring (bicyclic) bond motifs is 5. The highest BCUT2D eigenvalue weighted by Gasteiger charge is 2.60. The van der Waals surface area contributed by atoms with Gasteiger partial charge in [0, 0.05) is 10.4 Å². The highest BCUT2D eigenvalue weighted by molar-refractivity contribution is 6.32. The van der Waals surface area contributed by atoms with E-state index in [2.05, 4.69) is 19.9 Å². The number of benzene rings is 1. The Labute approximate surface area is 174 Å². The lowest BCUT2D eigenvalue weighted by atomic mass is 9.45. The first-order chi connectivity index (χ1) is 13.4. The Kier molecular flexibility index (Phi) is 4.54. The Morgan fingerprint density at radius 1 is 1.00 bits per heavy atom. The van der Waals surface area contributed by atoms with Gasteiger partial charge in [-0.15, -0.1) is 0 Å². The van der Waals surface area contributed by atoms with E-state index in [9.17, 15) is 4.79 Å². The van der Waals surface area contributed by atoms with Gasteiger partial charge in [-0.2, -0.15) is 0 Å². The van der Waals surface area contributed by atoms with Gasteiger partial charge >= 0.3 is 0 Å². The number of hydrogen-bond donors (Lipinski definition) is 0. The summed E-state index contributed by atoms with van der Waals surface area (Å²) in [6.45, 7) is 4.88. The second-order valence-electron chi connectivity index (χ2n) is 10.6. The van der Waals surface area contributed by atoms with Crippen molar-refractivity contribution in [1.82, 2.24) is 0 Å². The van der Waals surface area contributed by atoms with Crippen LogP contribution in [-0.4, -0.2) is 5.78 Å². The van der Waals surface area contributed by atoms with Crippen LogP contribution in [0.1, 0.15) is 77.2 Å². The van der Waals surface area contributed by atoms with E-state index in [1.54, 1.807) is 0 Å². The Balaban J connectivity index is 1.48. The quantitative estimate of drug-likeness (QED) is 0.454. The lowest BCUT2D eigenvalue weighted by Crippen LogP contribution is -2.52. The van der Waals surface area contributed by atoms with E-state index in [-0.39, 0.29) is 5.41 Å². The van der Waals surface area contributed by atoms with E-state index in [1.807, 2.05) is 24.3 Å². The van der Waals surface area contributed by atoms with Crippen LogP contribution in [0.15, 0.2) is 29.8 Å². The number of carbonyl (C=O) groups is 1. The summed E-state index contributed by atoms with van der Waals surface area (Å²) in [6.07, 6.45) is 13.8. The van der Waals surface area contributed by atoms with Crippen LogP contribution in [0.5, 0.6) is 0 Å². The molecule has 28 heavy (non-hydrogen) atoms. The van der Waals surface area contributed by atoms with Crippen LogP contribution in [0.3, 0.4) is 0 Å². The van der Waals surface area contributed by atoms with Crippen LogP contribution in [-0.2, 0) is 4.79 Å². The maximum atomic E-state index is 13.5. The maximum Gasteiger partial charge on any atom is 0.165 e. The number of carbonyl (C=O) groups excluding carboxylic acids is 1. The topological polar surface area (TPSA) is 17.1 Å². The summed E-state index contributed by atoms with van der Waals surface area (Å²) in [6, 6.07) is 7.91. The largest absolute Gasteiger partial charge is 0.294 e. The monoisotopic (exact) mass is 396 g/mol. The Morgan fingerprint density at radius 3 is 2.64 bits per heavy atom. The van der Waals surface area contributed by atoms with Gasteiger partial charge in [-0.05, 0) is 97.3 Å². The molecule has 4 aliphatic rings. The van der Waals surface area contributed by atoms with E-state index in [1.165, 1.54) is 44.9 Å². The van der Waals surface area contributed by atoms with Crippen molar-refractivity contribution in [1.29, 1.82) is 0 Å². The van der Waals surface area contributed by atoms with Gasteiger partial charge < -0.3 is 0 Å². The van der Waals surface area contributed by atoms with Crippen molar-refractivity contribution in [2.24, 2.45) is 34.5 Å². The zero-order valence-corrected chi connectivity index (χ0v) is 18.1. The molecule has 0 bridgehead atoms. The van der Waals surface area contributed by atoms with Crippen molar-refractivity contribution in [3.63, 3.8) is 0 Å². The fraction of sp³-hybridized carbons (Fsp3) is 0.654. The maximum absolute atomic E-state index is 13.5. The lowest BCUT2D eigenvalue weighted by molar-refractivity contribution is -0.137. The molecule has 150 valence electrons. The molecule has 6 atom stereocenters. The third kappa shape index (κ3) is 2.68. The third-order valence-corrected chi connectivity index (χ3v) is 9.80. The molecule has 4 fully saturated rings. The average molecular weight is 397 g/mol. The van der Waals surface area contributed by atoms with Gasteiger partial charge in [-0.25, -0.2) is 0 Å². The van der Waals surface area contributed by atoms with Crippen LogP contribution in [0.2, 0.25) is 5.02 Å². The van der Waals surface area contributed by atoms with Crippen molar-refractivity contribution >= 4 is 23.5 Å². The molecule has 0 saturated heterocycles. The van der Waals surface area contributed by atoms with E-state index in [4.69, 9.17) is 11.6 Å². The fourth-order valence-electron chi connectivity index (χ4n) is 7.87. The zero-order valence-electron chi connectivity index (χ0n) is 17.3. The predicted octanol–water partition coefficient (Wildman–Crippen LogP) is 7.34. The number of Topliss-reactive ketones (excluding diaryl/α,β-unsaturated/α-hetero) is 1. The summed E-state index contributed by atoms with van der Waals surface area (Å²) in [5.41, 5.74) is 2.40. The molecule has 1 nitrogen and oxygen atoms in total. The molecule has 2 heteroatoms. The number of hydrogen-bond acceptors (Lipinski definition) is 1. The normalized spacial score (nSPS) is 44.1. The van der Waals surface area contributed by atoms with Gasteiger partial charge in [-0.3, -0.25) is 4.79 Å². The second kappa shape index (κ2) is 6.73. The summed E-state index contributed by atoms with van der Waals surface area (Å²) in [7, 11) is 0. The average Bonchev–Trinajstić information content (AvgIpc) is 2.94. The fourth-order valence-corrected chi connectivity index (χ4v) is 8.06. The van der Waals surface area contributed by atoms with Crippen LogP contribution in [0.25, 0.3) is 6.08 Å².